The van der Waals surface area contributed by atoms with Crippen LogP contribution in [-0.4, -0.2) is 3.92 Å². The zero-order valence-electron chi connectivity index (χ0n) is 6.92. The van der Waals surface area contributed by atoms with E-state index in [1.807, 2.05) is 0 Å². The zero-order chi connectivity index (χ0) is 8.27. The third-order valence-electron chi connectivity index (χ3n) is 2.01. The number of alkyl halides is 1. The van der Waals surface area contributed by atoms with Crippen molar-refractivity contribution in [2.45, 2.75) is 23.7 Å². The third-order valence-corrected chi connectivity index (χ3v) is 3.09. The van der Waals surface area contributed by atoms with E-state index in [0.29, 0.717) is 9.84 Å². The fourth-order valence-electron chi connectivity index (χ4n) is 1.02. The van der Waals surface area contributed by atoms with E-state index < -0.39 is 0 Å². The maximum absolute atomic E-state index is 2.47. The van der Waals surface area contributed by atoms with Crippen molar-refractivity contribution in [3.8, 4) is 0 Å². The molecule has 1 aromatic rings. The van der Waals surface area contributed by atoms with Gasteiger partial charge in [-0.3, -0.25) is 0 Å². The van der Waals surface area contributed by atoms with Gasteiger partial charge in [-0.2, -0.15) is 0 Å². The lowest BCUT2D eigenvalue weighted by molar-refractivity contribution is 0.773. The van der Waals surface area contributed by atoms with Gasteiger partial charge in [-0.15, -0.1) is 0 Å². The van der Waals surface area contributed by atoms with E-state index in [2.05, 4.69) is 66.8 Å². The molecule has 1 unspecified atom stereocenters. The highest BCUT2D eigenvalue weighted by molar-refractivity contribution is 14.1. The quantitative estimate of drug-likeness (QED) is 0.562. The van der Waals surface area contributed by atoms with Crippen LogP contribution in [0.1, 0.15) is 25.3 Å². The molecule has 0 aliphatic rings. The summed E-state index contributed by atoms with van der Waals surface area (Å²) in [5, 5.41) is 0. The number of halogens is 1. The van der Waals surface area contributed by atoms with Gasteiger partial charge in [0, 0.05) is 3.92 Å². The first kappa shape index (κ1) is 9.04. The summed E-state index contributed by atoms with van der Waals surface area (Å²) in [4.78, 5) is 0. The van der Waals surface area contributed by atoms with Crippen LogP contribution in [-0.2, 0) is 0 Å². The van der Waals surface area contributed by atoms with Crippen molar-refractivity contribution in [1.82, 2.24) is 0 Å². The predicted molar refractivity (Wildman–Crippen MR) is 58.3 cm³/mol. The first-order valence-corrected chi connectivity index (χ1v) is 5.15. The lowest BCUT2D eigenvalue weighted by Gasteiger charge is -2.13. The topological polar surface area (TPSA) is 0 Å². The van der Waals surface area contributed by atoms with Crippen LogP contribution >= 0.6 is 22.6 Å². The van der Waals surface area contributed by atoms with Crippen LogP contribution in [0.2, 0.25) is 0 Å². The Bertz CT molecular complexity index is 203. The first-order valence-electron chi connectivity index (χ1n) is 3.91. The Kier molecular flexibility index (Phi) is 3.37. The van der Waals surface area contributed by atoms with E-state index in [1.165, 1.54) is 5.56 Å². The summed E-state index contributed by atoms with van der Waals surface area (Å²) in [6, 6.07) is 10.7. The molecule has 0 bridgehead atoms. The summed E-state index contributed by atoms with van der Waals surface area (Å²) in [7, 11) is 0. The molecule has 0 saturated heterocycles. The molecule has 0 N–H and O–H groups in total. The number of hydrogen-bond acceptors (Lipinski definition) is 0. The van der Waals surface area contributed by atoms with E-state index >= 15 is 0 Å². The van der Waals surface area contributed by atoms with Crippen molar-refractivity contribution in [2.24, 2.45) is 0 Å². The molecule has 0 radical (unpaired) electrons. The van der Waals surface area contributed by atoms with E-state index in [4.69, 9.17) is 0 Å². The van der Waals surface area contributed by atoms with Crippen molar-refractivity contribution in [3.63, 3.8) is 0 Å². The fourth-order valence-corrected chi connectivity index (χ4v) is 1.44. The van der Waals surface area contributed by atoms with Crippen LogP contribution in [0.25, 0.3) is 0 Å². The SMILES string of the molecule is CC(I)[C@H](C)c1ccccc1. The molecule has 1 aromatic carbocycles. The first-order chi connectivity index (χ1) is 5.22. The molecule has 0 fully saturated rings. The van der Waals surface area contributed by atoms with Crippen LogP contribution in [0.3, 0.4) is 0 Å². The lowest BCUT2D eigenvalue weighted by Crippen LogP contribution is -2.03. The molecule has 0 spiro atoms. The van der Waals surface area contributed by atoms with Gasteiger partial charge >= 0.3 is 0 Å². The molecule has 0 aliphatic heterocycles. The lowest BCUT2D eigenvalue weighted by atomic mass is 9.99. The summed E-state index contributed by atoms with van der Waals surface area (Å²) in [5.41, 5.74) is 1.44. The number of hydrogen-bond donors (Lipinski definition) is 0. The summed E-state index contributed by atoms with van der Waals surface area (Å²) >= 11 is 2.47. The van der Waals surface area contributed by atoms with Crippen LogP contribution in [0.15, 0.2) is 30.3 Å². The van der Waals surface area contributed by atoms with Crippen molar-refractivity contribution < 1.29 is 0 Å². The van der Waals surface area contributed by atoms with Crippen molar-refractivity contribution >= 4 is 22.6 Å². The Morgan fingerprint density at radius 3 is 2.09 bits per heavy atom. The third kappa shape index (κ3) is 2.47. The highest BCUT2D eigenvalue weighted by Gasteiger charge is 2.09. The smallest absolute Gasteiger partial charge is 0.0147 e. The van der Waals surface area contributed by atoms with Crippen LogP contribution < -0.4 is 0 Å². The van der Waals surface area contributed by atoms with Gasteiger partial charge in [-0.1, -0.05) is 66.8 Å². The van der Waals surface area contributed by atoms with Crippen molar-refractivity contribution in [1.29, 1.82) is 0 Å². The summed E-state index contributed by atoms with van der Waals surface area (Å²) < 4.78 is 0.704. The normalized spacial score (nSPS) is 15.9. The Morgan fingerprint density at radius 1 is 1.09 bits per heavy atom. The minimum absolute atomic E-state index is 0.664. The Balaban J connectivity index is 2.77. The second-order valence-corrected chi connectivity index (χ2v) is 4.84. The molecule has 2 atom stereocenters. The second kappa shape index (κ2) is 4.10. The molecule has 1 heteroatoms. The fraction of sp³-hybridized carbons (Fsp3) is 0.400. The maximum Gasteiger partial charge on any atom is 0.0147 e. The zero-order valence-corrected chi connectivity index (χ0v) is 9.08. The predicted octanol–water partition coefficient (Wildman–Crippen LogP) is 3.61. The Morgan fingerprint density at radius 2 is 1.64 bits per heavy atom. The second-order valence-electron chi connectivity index (χ2n) is 2.88. The van der Waals surface area contributed by atoms with E-state index in [9.17, 15) is 0 Å². The molecule has 0 aromatic heterocycles. The molecular weight excluding hydrogens is 247 g/mol. The monoisotopic (exact) mass is 260 g/mol. The summed E-state index contributed by atoms with van der Waals surface area (Å²) in [6.07, 6.45) is 0. The van der Waals surface area contributed by atoms with Gasteiger partial charge in [0.25, 0.3) is 0 Å². The van der Waals surface area contributed by atoms with Gasteiger partial charge in [0.05, 0.1) is 0 Å². The maximum atomic E-state index is 2.47. The molecule has 0 nitrogen and oxygen atoms in total. The van der Waals surface area contributed by atoms with E-state index in [0.717, 1.165) is 0 Å². The Hall–Kier alpha value is -0.0500. The molecule has 1 rings (SSSR count). The van der Waals surface area contributed by atoms with Crippen molar-refractivity contribution in [3.05, 3.63) is 35.9 Å². The standard InChI is InChI=1S/C10H13I/c1-8(9(2)11)10-6-4-3-5-7-10/h3-9H,1-2H3/t8-,9?/m0/s1. The van der Waals surface area contributed by atoms with Crippen LogP contribution in [0.4, 0.5) is 0 Å². The molecule has 11 heavy (non-hydrogen) atoms. The number of benzene rings is 1. The highest BCUT2D eigenvalue weighted by Crippen LogP contribution is 2.23. The molecule has 0 saturated carbocycles. The van der Waals surface area contributed by atoms with Gasteiger partial charge in [-0.25, -0.2) is 0 Å². The summed E-state index contributed by atoms with van der Waals surface area (Å²) in [5.74, 6) is 0.664. The van der Waals surface area contributed by atoms with Gasteiger partial charge in [-0.05, 0) is 11.5 Å². The molecule has 60 valence electrons. The van der Waals surface area contributed by atoms with Gasteiger partial charge in [0.15, 0.2) is 0 Å². The average Bonchev–Trinajstić information content (AvgIpc) is 2.05. The molecular formula is C10H13I. The average molecular weight is 260 g/mol. The largest absolute Gasteiger partial charge is 0.0823 e. The molecule has 0 amide bonds. The van der Waals surface area contributed by atoms with E-state index in [1.54, 1.807) is 0 Å². The molecule has 0 aliphatic carbocycles. The Labute approximate surface area is 82.2 Å². The van der Waals surface area contributed by atoms with Gasteiger partial charge in [0.2, 0.25) is 0 Å². The number of rotatable bonds is 2. The van der Waals surface area contributed by atoms with Crippen LogP contribution in [0.5, 0.6) is 0 Å². The van der Waals surface area contributed by atoms with Gasteiger partial charge in [0.1, 0.15) is 0 Å². The summed E-state index contributed by atoms with van der Waals surface area (Å²) in [6.45, 7) is 4.52. The van der Waals surface area contributed by atoms with Crippen LogP contribution in [0, 0.1) is 0 Å². The van der Waals surface area contributed by atoms with Gasteiger partial charge < -0.3 is 0 Å². The van der Waals surface area contributed by atoms with E-state index in [-0.39, 0.29) is 0 Å². The minimum atomic E-state index is 0.664. The van der Waals surface area contributed by atoms with Crippen molar-refractivity contribution in [2.75, 3.05) is 0 Å². The molecule has 0 heterocycles. The minimum Gasteiger partial charge on any atom is -0.0823 e. The highest BCUT2D eigenvalue weighted by atomic mass is 127.